The van der Waals surface area contributed by atoms with E-state index in [-0.39, 0.29) is 17.2 Å². The summed E-state index contributed by atoms with van der Waals surface area (Å²) < 4.78 is 5.81. The Balaban J connectivity index is 1.32. The lowest BCUT2D eigenvalue weighted by Crippen LogP contribution is -2.28. The first-order chi connectivity index (χ1) is 16.0. The number of benzene rings is 3. The molecule has 1 N–H and O–H groups in total. The van der Waals surface area contributed by atoms with Gasteiger partial charge in [0.1, 0.15) is 17.7 Å². The van der Waals surface area contributed by atoms with Crippen molar-refractivity contribution >= 4 is 23.6 Å². The van der Waals surface area contributed by atoms with Gasteiger partial charge in [0.05, 0.1) is 12.3 Å². The molecule has 0 saturated carbocycles. The van der Waals surface area contributed by atoms with Gasteiger partial charge >= 0.3 is 0 Å². The minimum Gasteiger partial charge on any atom is -0.491 e. The molecule has 2 amide bonds. The first-order valence-corrected chi connectivity index (χ1v) is 12.1. The van der Waals surface area contributed by atoms with Gasteiger partial charge in [0, 0.05) is 12.1 Å². The normalized spacial score (nSPS) is 15.5. The summed E-state index contributed by atoms with van der Waals surface area (Å²) in [5.74, 6) is 1.32. The van der Waals surface area contributed by atoms with E-state index in [1.165, 1.54) is 5.56 Å². The molecule has 1 atom stereocenters. The molecule has 0 aromatic heterocycles. The third kappa shape index (κ3) is 5.57. The Labute approximate surface area is 199 Å². The van der Waals surface area contributed by atoms with Gasteiger partial charge in [-0.15, -0.1) is 11.8 Å². The molecule has 0 radical (unpaired) electrons. The molecule has 0 aliphatic carbocycles. The molecule has 6 heteroatoms. The van der Waals surface area contributed by atoms with Gasteiger partial charge in [-0.2, -0.15) is 0 Å². The van der Waals surface area contributed by atoms with Crippen LogP contribution in [0.15, 0.2) is 72.8 Å². The maximum Gasteiger partial charge on any atom is 0.251 e. The zero-order chi connectivity index (χ0) is 23.2. The Morgan fingerprint density at radius 2 is 1.79 bits per heavy atom. The first-order valence-electron chi connectivity index (χ1n) is 11.0. The van der Waals surface area contributed by atoms with Crippen LogP contribution in [0.25, 0.3) is 0 Å². The van der Waals surface area contributed by atoms with Gasteiger partial charge in [0.2, 0.25) is 5.91 Å². The van der Waals surface area contributed by atoms with Crippen LogP contribution in [0, 0.1) is 13.8 Å². The molecule has 170 valence electrons. The number of rotatable bonds is 8. The molecule has 1 aliphatic heterocycles. The van der Waals surface area contributed by atoms with E-state index in [0.717, 1.165) is 22.4 Å². The van der Waals surface area contributed by atoms with E-state index in [2.05, 4.69) is 18.3 Å². The number of carbonyl (C=O) groups is 2. The lowest BCUT2D eigenvalue weighted by atomic mass is 10.1. The highest BCUT2D eigenvalue weighted by Gasteiger charge is 2.32. The number of thioether (sulfide) groups is 1. The number of carbonyl (C=O) groups excluding carboxylic acids is 2. The summed E-state index contributed by atoms with van der Waals surface area (Å²) in [4.78, 5) is 26.9. The van der Waals surface area contributed by atoms with Crippen LogP contribution in [0.2, 0.25) is 0 Å². The predicted octanol–water partition coefficient (Wildman–Crippen LogP) is 4.89. The fourth-order valence-corrected chi connectivity index (χ4v) is 4.98. The van der Waals surface area contributed by atoms with E-state index < -0.39 is 0 Å². The summed E-state index contributed by atoms with van der Waals surface area (Å²) in [6.45, 7) is 5.49. The summed E-state index contributed by atoms with van der Waals surface area (Å²) in [6.07, 6.45) is 0. The average molecular weight is 461 g/mol. The highest BCUT2D eigenvalue weighted by molar-refractivity contribution is 8.00. The molecule has 5 nitrogen and oxygen atoms in total. The van der Waals surface area contributed by atoms with Crippen molar-refractivity contribution in [3.05, 3.63) is 101 Å². The van der Waals surface area contributed by atoms with Crippen LogP contribution in [0.3, 0.4) is 0 Å². The van der Waals surface area contributed by atoms with Crippen LogP contribution in [-0.4, -0.2) is 35.6 Å². The van der Waals surface area contributed by atoms with Gasteiger partial charge in [-0.05, 0) is 54.3 Å². The zero-order valence-corrected chi connectivity index (χ0v) is 19.7. The van der Waals surface area contributed by atoms with Crippen molar-refractivity contribution in [3.63, 3.8) is 0 Å². The van der Waals surface area contributed by atoms with Crippen molar-refractivity contribution in [1.82, 2.24) is 10.2 Å². The third-order valence-corrected chi connectivity index (χ3v) is 7.08. The maximum absolute atomic E-state index is 12.5. The lowest BCUT2D eigenvalue weighted by molar-refractivity contribution is -0.128. The van der Waals surface area contributed by atoms with Crippen LogP contribution < -0.4 is 10.1 Å². The third-order valence-electron chi connectivity index (χ3n) is 5.82. The van der Waals surface area contributed by atoms with Gasteiger partial charge in [-0.3, -0.25) is 9.59 Å². The predicted molar refractivity (Wildman–Crippen MR) is 132 cm³/mol. The van der Waals surface area contributed by atoms with Gasteiger partial charge in [-0.1, -0.05) is 54.6 Å². The van der Waals surface area contributed by atoms with E-state index >= 15 is 0 Å². The highest BCUT2D eigenvalue weighted by Crippen LogP contribution is 2.39. The molecule has 0 bridgehead atoms. The highest BCUT2D eigenvalue weighted by atomic mass is 32.2. The zero-order valence-electron chi connectivity index (χ0n) is 18.9. The molecule has 1 aliphatic rings. The number of aryl methyl sites for hydroxylation is 1. The standard InChI is InChI=1S/C27H28N2O3S/c1-19-7-6-10-24(20(19)2)32-16-15-28-26(31)22-11-13-23(14-12-22)27-29(25(30)18-33-27)17-21-8-4-3-5-9-21/h3-14,27H,15-18H2,1-2H3,(H,28,31). The molecule has 4 rings (SSSR count). The van der Waals surface area contributed by atoms with Crippen LogP contribution >= 0.6 is 11.8 Å². The summed E-state index contributed by atoms with van der Waals surface area (Å²) in [5, 5.41) is 2.87. The minimum atomic E-state index is -0.137. The van der Waals surface area contributed by atoms with Crippen molar-refractivity contribution in [3.8, 4) is 5.75 Å². The molecular formula is C27H28N2O3S. The molecule has 0 spiro atoms. The Morgan fingerprint density at radius 3 is 2.55 bits per heavy atom. The number of ether oxygens (including phenoxy) is 1. The molecular weight excluding hydrogens is 432 g/mol. The topological polar surface area (TPSA) is 58.6 Å². The average Bonchev–Trinajstić information content (AvgIpc) is 3.20. The van der Waals surface area contributed by atoms with Gasteiger partial charge < -0.3 is 15.0 Å². The van der Waals surface area contributed by atoms with E-state index in [1.54, 1.807) is 11.8 Å². The van der Waals surface area contributed by atoms with E-state index in [4.69, 9.17) is 4.74 Å². The SMILES string of the molecule is Cc1cccc(OCCNC(=O)c2ccc(C3SCC(=O)N3Cc3ccccc3)cc2)c1C. The first kappa shape index (κ1) is 22.9. The minimum absolute atomic E-state index is 0.0409. The van der Waals surface area contributed by atoms with Crippen LogP contribution in [0.5, 0.6) is 5.75 Å². The van der Waals surface area contributed by atoms with Crippen LogP contribution in [0.4, 0.5) is 0 Å². The smallest absolute Gasteiger partial charge is 0.251 e. The van der Waals surface area contributed by atoms with E-state index in [1.807, 2.05) is 78.6 Å². The van der Waals surface area contributed by atoms with Crippen molar-refractivity contribution in [1.29, 1.82) is 0 Å². The van der Waals surface area contributed by atoms with Crippen LogP contribution in [0.1, 0.15) is 38.0 Å². The Morgan fingerprint density at radius 1 is 1.03 bits per heavy atom. The maximum atomic E-state index is 12.5. The van der Waals surface area contributed by atoms with Crippen molar-refractivity contribution in [2.45, 2.75) is 25.8 Å². The number of hydrogen-bond acceptors (Lipinski definition) is 4. The van der Waals surface area contributed by atoms with Crippen molar-refractivity contribution in [2.24, 2.45) is 0 Å². The fourth-order valence-electron chi connectivity index (χ4n) is 3.79. The van der Waals surface area contributed by atoms with Gasteiger partial charge in [0.25, 0.3) is 5.91 Å². The molecule has 3 aromatic rings. The van der Waals surface area contributed by atoms with E-state index in [0.29, 0.717) is 31.0 Å². The molecule has 1 heterocycles. The largest absolute Gasteiger partial charge is 0.491 e. The Hall–Kier alpha value is -3.25. The van der Waals surface area contributed by atoms with E-state index in [9.17, 15) is 9.59 Å². The van der Waals surface area contributed by atoms with Crippen molar-refractivity contribution in [2.75, 3.05) is 18.9 Å². The summed E-state index contributed by atoms with van der Waals surface area (Å²) in [6, 6.07) is 23.5. The Bertz CT molecular complexity index is 1120. The fraction of sp³-hybridized carbons (Fsp3) is 0.259. The second-order valence-electron chi connectivity index (χ2n) is 8.10. The summed E-state index contributed by atoms with van der Waals surface area (Å²) in [7, 11) is 0. The van der Waals surface area contributed by atoms with Crippen LogP contribution in [-0.2, 0) is 11.3 Å². The quantitative estimate of drug-likeness (QED) is 0.487. The summed E-state index contributed by atoms with van der Waals surface area (Å²) >= 11 is 1.62. The second-order valence-corrected chi connectivity index (χ2v) is 9.16. The van der Waals surface area contributed by atoms with Gasteiger partial charge in [-0.25, -0.2) is 0 Å². The van der Waals surface area contributed by atoms with Gasteiger partial charge in [0.15, 0.2) is 0 Å². The number of nitrogens with zero attached hydrogens (tertiary/aromatic N) is 1. The molecule has 1 fully saturated rings. The molecule has 33 heavy (non-hydrogen) atoms. The number of amides is 2. The summed E-state index contributed by atoms with van der Waals surface area (Å²) in [5.41, 5.74) is 5.02. The molecule has 3 aromatic carbocycles. The monoisotopic (exact) mass is 460 g/mol. The Kier molecular flexibility index (Phi) is 7.35. The number of hydrogen-bond donors (Lipinski definition) is 1. The molecule has 1 saturated heterocycles. The molecule has 1 unspecified atom stereocenters. The second kappa shape index (κ2) is 10.6. The van der Waals surface area contributed by atoms with Crippen molar-refractivity contribution < 1.29 is 14.3 Å². The lowest BCUT2D eigenvalue weighted by Gasteiger charge is -2.24. The number of nitrogens with one attached hydrogen (secondary N) is 1.